The summed E-state index contributed by atoms with van der Waals surface area (Å²) < 4.78 is 22.9. The van der Waals surface area contributed by atoms with Crippen LogP contribution in [0, 0.1) is 11.3 Å². The normalized spacial score (nSPS) is 39.3. The van der Waals surface area contributed by atoms with Gasteiger partial charge in [0.25, 0.3) is 0 Å². The van der Waals surface area contributed by atoms with Crippen LogP contribution in [-0.4, -0.2) is 42.1 Å². The number of carbonyl (C=O) groups excluding carboxylic acids is 2. The smallest absolute Gasteiger partial charge is 0.312 e. The first-order valence-electron chi connectivity index (χ1n) is 7.92. The van der Waals surface area contributed by atoms with Crippen LogP contribution in [0.5, 0.6) is 0 Å². The van der Waals surface area contributed by atoms with Crippen molar-refractivity contribution in [3.8, 4) is 0 Å². The van der Waals surface area contributed by atoms with E-state index in [0.717, 1.165) is 0 Å². The molecule has 2 saturated heterocycles. The third-order valence-corrected chi connectivity index (χ3v) is 4.99. The van der Waals surface area contributed by atoms with Crippen LogP contribution in [0.3, 0.4) is 0 Å². The Kier molecular flexibility index (Phi) is 3.53. The number of rotatable bonds is 3. The molecule has 0 N–H and O–H groups in total. The highest BCUT2D eigenvalue weighted by Gasteiger charge is 2.62. The topological polar surface area (TPSA) is 71.1 Å². The maximum Gasteiger partial charge on any atom is 0.312 e. The standard InChI is InChI=1S/C16H24O6/c1-6-15(2,3)14(18)20-12-10-8-7-9(19-13(8)17)11(12)22-16(4,5)21-10/h8-12H,6-7H2,1-5H3. The van der Waals surface area contributed by atoms with Crippen LogP contribution in [0.2, 0.25) is 0 Å². The summed E-state index contributed by atoms with van der Waals surface area (Å²) in [5, 5.41) is 0. The van der Waals surface area contributed by atoms with Crippen LogP contribution in [0.25, 0.3) is 0 Å². The highest BCUT2D eigenvalue weighted by atomic mass is 16.7. The van der Waals surface area contributed by atoms with Crippen molar-refractivity contribution in [1.82, 2.24) is 0 Å². The minimum absolute atomic E-state index is 0.283. The fourth-order valence-electron chi connectivity index (χ4n) is 3.27. The highest BCUT2D eigenvalue weighted by Crippen LogP contribution is 2.46. The lowest BCUT2D eigenvalue weighted by Crippen LogP contribution is -2.63. The van der Waals surface area contributed by atoms with E-state index in [1.165, 1.54) is 0 Å². The quantitative estimate of drug-likeness (QED) is 0.740. The molecule has 2 aliphatic heterocycles. The molecule has 0 spiro atoms. The number of ether oxygens (including phenoxy) is 4. The summed E-state index contributed by atoms with van der Waals surface area (Å²) >= 11 is 0. The molecule has 3 aliphatic rings. The molecular weight excluding hydrogens is 288 g/mol. The Bertz CT molecular complexity index is 497. The molecule has 1 aliphatic carbocycles. The molecule has 22 heavy (non-hydrogen) atoms. The van der Waals surface area contributed by atoms with Gasteiger partial charge < -0.3 is 18.9 Å². The molecule has 6 nitrogen and oxygen atoms in total. The first-order chi connectivity index (χ1) is 10.1. The molecule has 1 saturated carbocycles. The van der Waals surface area contributed by atoms with E-state index in [1.807, 2.05) is 20.8 Å². The molecule has 0 aromatic rings. The Morgan fingerprint density at radius 2 is 1.95 bits per heavy atom. The molecule has 2 heterocycles. The summed E-state index contributed by atoms with van der Waals surface area (Å²) in [4.78, 5) is 24.4. The van der Waals surface area contributed by atoms with Crippen molar-refractivity contribution in [1.29, 1.82) is 0 Å². The van der Waals surface area contributed by atoms with Crippen molar-refractivity contribution in [2.24, 2.45) is 11.3 Å². The van der Waals surface area contributed by atoms with Gasteiger partial charge in [-0.1, -0.05) is 6.92 Å². The Morgan fingerprint density at radius 1 is 1.32 bits per heavy atom. The highest BCUT2D eigenvalue weighted by molar-refractivity contribution is 5.78. The second-order valence-electron chi connectivity index (χ2n) is 7.49. The van der Waals surface area contributed by atoms with Crippen molar-refractivity contribution in [3.63, 3.8) is 0 Å². The molecule has 5 unspecified atom stereocenters. The van der Waals surface area contributed by atoms with Gasteiger partial charge in [0.05, 0.1) is 11.3 Å². The van der Waals surface area contributed by atoms with E-state index in [2.05, 4.69) is 0 Å². The summed E-state index contributed by atoms with van der Waals surface area (Å²) in [5.74, 6) is -1.78. The lowest BCUT2D eigenvalue weighted by molar-refractivity contribution is -0.356. The summed E-state index contributed by atoms with van der Waals surface area (Å²) in [7, 11) is 0. The first-order valence-corrected chi connectivity index (χ1v) is 7.92. The summed E-state index contributed by atoms with van der Waals surface area (Å²) in [6, 6.07) is 0. The Hall–Kier alpha value is -1.14. The molecule has 124 valence electrons. The van der Waals surface area contributed by atoms with E-state index in [0.29, 0.717) is 12.8 Å². The van der Waals surface area contributed by atoms with Crippen LogP contribution in [-0.2, 0) is 28.5 Å². The molecule has 6 heteroatoms. The third-order valence-electron chi connectivity index (χ3n) is 4.99. The average Bonchev–Trinajstić information content (AvgIpc) is 2.78. The summed E-state index contributed by atoms with van der Waals surface area (Å²) in [5.41, 5.74) is -0.578. The lowest BCUT2D eigenvalue weighted by Gasteiger charge is -2.49. The number of esters is 2. The van der Waals surface area contributed by atoms with Crippen LogP contribution >= 0.6 is 0 Å². The Labute approximate surface area is 130 Å². The molecule has 4 bridgehead atoms. The molecule has 5 atom stereocenters. The molecule has 0 radical (unpaired) electrons. The average molecular weight is 312 g/mol. The van der Waals surface area contributed by atoms with Gasteiger partial charge in [-0.2, -0.15) is 0 Å². The molecular formula is C16H24O6. The van der Waals surface area contributed by atoms with E-state index in [1.54, 1.807) is 13.8 Å². The maximum absolute atomic E-state index is 12.4. The lowest BCUT2D eigenvalue weighted by atomic mass is 9.81. The van der Waals surface area contributed by atoms with Crippen LogP contribution in [0.15, 0.2) is 0 Å². The third kappa shape index (κ3) is 2.42. The van der Waals surface area contributed by atoms with Crippen LogP contribution in [0.4, 0.5) is 0 Å². The summed E-state index contributed by atoms with van der Waals surface area (Å²) in [6.45, 7) is 9.23. The zero-order valence-corrected chi connectivity index (χ0v) is 13.8. The van der Waals surface area contributed by atoms with Gasteiger partial charge in [0.1, 0.15) is 18.3 Å². The molecule has 3 rings (SSSR count). The predicted octanol–water partition coefficient (Wildman–Crippen LogP) is 1.80. The first kappa shape index (κ1) is 15.7. The van der Waals surface area contributed by atoms with Gasteiger partial charge in [0.15, 0.2) is 11.9 Å². The summed E-state index contributed by atoms with van der Waals surface area (Å²) in [6.07, 6.45) is -0.690. The van der Waals surface area contributed by atoms with Gasteiger partial charge in [-0.3, -0.25) is 9.59 Å². The molecule has 0 amide bonds. The monoisotopic (exact) mass is 312 g/mol. The van der Waals surface area contributed by atoms with Gasteiger partial charge in [-0.25, -0.2) is 0 Å². The number of hydrogen-bond donors (Lipinski definition) is 0. The van der Waals surface area contributed by atoms with E-state index in [4.69, 9.17) is 18.9 Å². The molecule has 0 aromatic carbocycles. The number of hydrogen-bond acceptors (Lipinski definition) is 6. The van der Waals surface area contributed by atoms with Crippen molar-refractivity contribution in [2.45, 2.75) is 77.7 Å². The van der Waals surface area contributed by atoms with Gasteiger partial charge in [0, 0.05) is 6.42 Å². The van der Waals surface area contributed by atoms with E-state index in [9.17, 15) is 9.59 Å². The van der Waals surface area contributed by atoms with E-state index >= 15 is 0 Å². The van der Waals surface area contributed by atoms with Gasteiger partial charge in [0.2, 0.25) is 0 Å². The van der Waals surface area contributed by atoms with Gasteiger partial charge in [-0.15, -0.1) is 0 Å². The van der Waals surface area contributed by atoms with Crippen molar-refractivity contribution >= 4 is 11.9 Å². The van der Waals surface area contributed by atoms with E-state index < -0.39 is 29.5 Å². The fourth-order valence-corrected chi connectivity index (χ4v) is 3.27. The number of carbonyl (C=O) groups is 2. The van der Waals surface area contributed by atoms with Crippen LogP contribution < -0.4 is 0 Å². The molecule has 0 aromatic heterocycles. The van der Waals surface area contributed by atoms with Gasteiger partial charge >= 0.3 is 11.9 Å². The maximum atomic E-state index is 12.4. The minimum Gasteiger partial charge on any atom is -0.459 e. The zero-order valence-electron chi connectivity index (χ0n) is 13.8. The van der Waals surface area contributed by atoms with E-state index in [-0.39, 0.29) is 24.0 Å². The SMILES string of the molecule is CCC(C)(C)C(=O)OC1C2OC(C)(C)OC1C1CC2OC1=O. The van der Waals surface area contributed by atoms with Crippen LogP contribution in [0.1, 0.15) is 47.5 Å². The Morgan fingerprint density at radius 3 is 2.59 bits per heavy atom. The second kappa shape index (κ2) is 4.93. The largest absolute Gasteiger partial charge is 0.459 e. The zero-order chi connectivity index (χ0) is 16.3. The van der Waals surface area contributed by atoms with Gasteiger partial charge in [-0.05, 0) is 34.1 Å². The minimum atomic E-state index is -0.816. The number of fused-ring (bicyclic) bond motifs is 6. The second-order valence-corrected chi connectivity index (χ2v) is 7.49. The fraction of sp³-hybridized carbons (Fsp3) is 0.875. The Balaban J connectivity index is 1.86. The van der Waals surface area contributed by atoms with Crippen molar-refractivity contribution in [2.75, 3.05) is 0 Å². The molecule has 3 fully saturated rings. The predicted molar refractivity (Wildman–Crippen MR) is 75.8 cm³/mol. The van der Waals surface area contributed by atoms with Crippen molar-refractivity contribution < 1.29 is 28.5 Å². The van der Waals surface area contributed by atoms with Crippen molar-refractivity contribution in [3.05, 3.63) is 0 Å².